The SMILES string of the molecule is CC(C)(C)OC(=O)NCC(CO)c1cc(F)cc(F)c1. The monoisotopic (exact) mass is 287 g/mol. The Kier molecular flexibility index (Phi) is 5.44. The molecule has 1 amide bonds. The van der Waals surface area contributed by atoms with E-state index in [1.54, 1.807) is 20.8 Å². The Morgan fingerprint density at radius 3 is 2.30 bits per heavy atom. The summed E-state index contributed by atoms with van der Waals surface area (Å²) >= 11 is 0. The minimum Gasteiger partial charge on any atom is -0.444 e. The molecule has 4 nitrogen and oxygen atoms in total. The average Bonchev–Trinajstić information content (AvgIpc) is 2.25. The van der Waals surface area contributed by atoms with Crippen molar-refractivity contribution >= 4 is 6.09 Å². The topological polar surface area (TPSA) is 58.6 Å². The zero-order valence-corrected chi connectivity index (χ0v) is 11.7. The molecule has 0 saturated heterocycles. The maximum absolute atomic E-state index is 13.1. The van der Waals surface area contributed by atoms with Gasteiger partial charge in [0.15, 0.2) is 0 Å². The number of carbonyl (C=O) groups excluding carboxylic acids is 1. The van der Waals surface area contributed by atoms with Crippen molar-refractivity contribution in [3.05, 3.63) is 35.4 Å². The number of nitrogens with one attached hydrogen (secondary N) is 1. The number of amides is 1. The number of halogens is 2. The summed E-state index contributed by atoms with van der Waals surface area (Å²) in [5.41, 5.74) is -0.356. The molecule has 1 aromatic rings. The van der Waals surface area contributed by atoms with Gasteiger partial charge in [-0.2, -0.15) is 0 Å². The smallest absolute Gasteiger partial charge is 0.407 e. The standard InChI is InChI=1S/C14H19F2NO3/c1-14(2,3)20-13(19)17-7-10(8-18)9-4-11(15)6-12(16)5-9/h4-6,10,18H,7-8H2,1-3H3,(H,17,19). The number of aliphatic hydroxyl groups is 1. The molecule has 0 aliphatic carbocycles. The molecule has 1 aromatic carbocycles. The Morgan fingerprint density at radius 2 is 1.85 bits per heavy atom. The van der Waals surface area contributed by atoms with Crippen LogP contribution in [0.25, 0.3) is 0 Å². The van der Waals surface area contributed by atoms with E-state index in [0.717, 1.165) is 18.2 Å². The predicted molar refractivity (Wildman–Crippen MR) is 70.4 cm³/mol. The lowest BCUT2D eigenvalue weighted by molar-refractivity contribution is 0.0521. The summed E-state index contributed by atoms with van der Waals surface area (Å²) in [6.07, 6.45) is -0.646. The van der Waals surface area contributed by atoms with Crippen LogP contribution < -0.4 is 5.32 Å². The maximum atomic E-state index is 13.1. The zero-order valence-electron chi connectivity index (χ0n) is 11.7. The molecule has 1 rings (SSSR count). The number of hydrogen-bond donors (Lipinski definition) is 2. The fourth-order valence-electron chi connectivity index (χ4n) is 1.62. The van der Waals surface area contributed by atoms with Gasteiger partial charge in [0, 0.05) is 18.5 Å². The second kappa shape index (κ2) is 6.65. The van der Waals surface area contributed by atoms with E-state index < -0.39 is 29.2 Å². The van der Waals surface area contributed by atoms with E-state index in [0.29, 0.717) is 0 Å². The highest BCUT2D eigenvalue weighted by atomic mass is 19.1. The number of benzene rings is 1. The Balaban J connectivity index is 2.66. The Bertz CT molecular complexity index is 452. The van der Waals surface area contributed by atoms with Gasteiger partial charge >= 0.3 is 6.09 Å². The molecule has 6 heteroatoms. The van der Waals surface area contributed by atoms with Gasteiger partial charge in [0.1, 0.15) is 17.2 Å². The highest BCUT2D eigenvalue weighted by molar-refractivity contribution is 5.67. The van der Waals surface area contributed by atoms with Crippen LogP contribution in [0.15, 0.2) is 18.2 Å². The van der Waals surface area contributed by atoms with Gasteiger partial charge in [-0.15, -0.1) is 0 Å². The second-order valence-electron chi connectivity index (χ2n) is 5.47. The molecule has 0 radical (unpaired) electrons. The summed E-state index contributed by atoms with van der Waals surface area (Å²) in [5.74, 6) is -2.06. The van der Waals surface area contributed by atoms with Crippen molar-refractivity contribution in [2.45, 2.75) is 32.3 Å². The third kappa shape index (κ3) is 5.52. The van der Waals surface area contributed by atoms with Crippen molar-refractivity contribution in [3.63, 3.8) is 0 Å². The van der Waals surface area contributed by atoms with E-state index >= 15 is 0 Å². The molecule has 1 atom stereocenters. The molecule has 0 bridgehead atoms. The highest BCUT2D eigenvalue weighted by Gasteiger charge is 2.18. The van der Waals surface area contributed by atoms with Gasteiger partial charge in [0.25, 0.3) is 0 Å². The maximum Gasteiger partial charge on any atom is 0.407 e. The third-order valence-corrected chi connectivity index (χ3v) is 2.47. The summed E-state index contributed by atoms with van der Waals surface area (Å²) in [7, 11) is 0. The molecule has 0 heterocycles. The molecule has 0 fully saturated rings. The third-order valence-electron chi connectivity index (χ3n) is 2.47. The minimum atomic E-state index is -0.726. The van der Waals surface area contributed by atoms with E-state index in [-0.39, 0.29) is 18.7 Å². The van der Waals surface area contributed by atoms with Crippen molar-refractivity contribution in [1.82, 2.24) is 5.32 Å². The van der Waals surface area contributed by atoms with Crippen LogP contribution in [0.3, 0.4) is 0 Å². The van der Waals surface area contributed by atoms with E-state index in [4.69, 9.17) is 4.74 Å². The van der Waals surface area contributed by atoms with Gasteiger partial charge in [-0.25, -0.2) is 13.6 Å². The quantitative estimate of drug-likeness (QED) is 0.894. The number of hydrogen-bond acceptors (Lipinski definition) is 3. The normalized spacial score (nSPS) is 12.9. The van der Waals surface area contributed by atoms with Crippen LogP contribution in [-0.4, -0.2) is 30.0 Å². The number of ether oxygens (including phenoxy) is 1. The summed E-state index contributed by atoms with van der Waals surface area (Å²) in [4.78, 5) is 11.5. The molecule has 20 heavy (non-hydrogen) atoms. The highest BCUT2D eigenvalue weighted by Crippen LogP contribution is 2.18. The van der Waals surface area contributed by atoms with Gasteiger partial charge in [0.2, 0.25) is 0 Å². The molecule has 1 unspecified atom stereocenters. The fourth-order valence-corrected chi connectivity index (χ4v) is 1.62. The van der Waals surface area contributed by atoms with Crippen molar-refractivity contribution in [3.8, 4) is 0 Å². The number of carbonyl (C=O) groups is 1. The molecule has 0 aliphatic heterocycles. The van der Waals surface area contributed by atoms with Gasteiger partial charge in [-0.05, 0) is 38.5 Å². The van der Waals surface area contributed by atoms with Crippen LogP contribution in [0.2, 0.25) is 0 Å². The molecule has 2 N–H and O–H groups in total. The minimum absolute atomic E-state index is 0.0221. The molecular weight excluding hydrogens is 268 g/mol. The molecule has 0 aliphatic rings. The van der Waals surface area contributed by atoms with Gasteiger partial charge in [-0.1, -0.05) is 0 Å². The van der Waals surface area contributed by atoms with E-state index in [2.05, 4.69) is 5.32 Å². The van der Waals surface area contributed by atoms with Crippen molar-refractivity contribution < 1.29 is 23.4 Å². The van der Waals surface area contributed by atoms with Crippen LogP contribution in [0, 0.1) is 11.6 Å². The average molecular weight is 287 g/mol. The Hall–Kier alpha value is -1.69. The first-order valence-electron chi connectivity index (χ1n) is 6.25. The Labute approximate surface area is 116 Å². The van der Waals surface area contributed by atoms with Gasteiger partial charge < -0.3 is 15.2 Å². The van der Waals surface area contributed by atoms with Gasteiger partial charge in [0.05, 0.1) is 6.61 Å². The lowest BCUT2D eigenvalue weighted by Gasteiger charge is -2.21. The molecule has 0 spiro atoms. The van der Waals surface area contributed by atoms with Crippen LogP contribution in [0.1, 0.15) is 32.3 Å². The van der Waals surface area contributed by atoms with Crippen LogP contribution >= 0.6 is 0 Å². The fraction of sp³-hybridized carbons (Fsp3) is 0.500. The van der Waals surface area contributed by atoms with Crippen molar-refractivity contribution in [2.24, 2.45) is 0 Å². The summed E-state index contributed by atoms with van der Waals surface area (Å²) < 4.78 is 31.3. The van der Waals surface area contributed by atoms with E-state index in [1.165, 1.54) is 0 Å². The first-order chi connectivity index (χ1) is 9.21. The lowest BCUT2D eigenvalue weighted by atomic mass is 10.00. The number of aliphatic hydroxyl groups excluding tert-OH is 1. The van der Waals surface area contributed by atoms with Crippen LogP contribution in [0.4, 0.5) is 13.6 Å². The predicted octanol–water partition coefficient (Wildman–Crippen LogP) is 2.57. The first kappa shape index (κ1) is 16.4. The van der Waals surface area contributed by atoms with E-state index in [1.807, 2.05) is 0 Å². The lowest BCUT2D eigenvalue weighted by Crippen LogP contribution is -2.35. The van der Waals surface area contributed by atoms with Crippen LogP contribution in [-0.2, 0) is 4.74 Å². The number of alkyl carbamates (subject to hydrolysis) is 1. The van der Waals surface area contributed by atoms with Crippen molar-refractivity contribution in [1.29, 1.82) is 0 Å². The van der Waals surface area contributed by atoms with Crippen molar-refractivity contribution in [2.75, 3.05) is 13.2 Å². The second-order valence-corrected chi connectivity index (χ2v) is 5.47. The largest absolute Gasteiger partial charge is 0.444 e. The molecule has 0 saturated carbocycles. The molecular formula is C14H19F2NO3. The zero-order chi connectivity index (χ0) is 15.3. The molecule has 112 valence electrons. The summed E-state index contributed by atoms with van der Waals surface area (Å²) in [6, 6.07) is 3.00. The van der Waals surface area contributed by atoms with E-state index in [9.17, 15) is 18.7 Å². The Morgan fingerprint density at radius 1 is 1.30 bits per heavy atom. The van der Waals surface area contributed by atoms with Gasteiger partial charge in [-0.3, -0.25) is 0 Å². The summed E-state index contributed by atoms with van der Waals surface area (Å²) in [6.45, 7) is 4.83. The molecule has 0 aromatic heterocycles. The number of rotatable bonds is 4. The van der Waals surface area contributed by atoms with Crippen LogP contribution in [0.5, 0.6) is 0 Å². The first-order valence-corrected chi connectivity index (χ1v) is 6.25. The summed E-state index contributed by atoms with van der Waals surface area (Å²) in [5, 5.41) is 11.7.